The van der Waals surface area contributed by atoms with Gasteiger partial charge in [-0.1, -0.05) is 23.5 Å². The summed E-state index contributed by atoms with van der Waals surface area (Å²) in [6, 6.07) is 8.05. The number of thiophene rings is 1. The third kappa shape index (κ3) is 3.50. The van der Waals surface area contributed by atoms with E-state index in [2.05, 4.69) is 40.1 Å². The van der Waals surface area contributed by atoms with Crippen LogP contribution in [-0.4, -0.2) is 38.1 Å². The average molecular weight is 361 g/mol. The van der Waals surface area contributed by atoms with Crippen LogP contribution in [0.25, 0.3) is 10.2 Å². The minimum Gasteiger partial charge on any atom is -0.338 e. The topological polar surface area (TPSA) is 37.6 Å². The number of benzene rings is 1. The zero-order valence-corrected chi connectivity index (χ0v) is 16.1. The van der Waals surface area contributed by atoms with Crippen molar-refractivity contribution in [1.82, 2.24) is 4.98 Å². The number of quaternary nitrogens is 1. The van der Waals surface area contributed by atoms with Crippen LogP contribution in [-0.2, 0) is 0 Å². The molecule has 0 saturated heterocycles. The number of likely N-dealkylation sites (N-methyl/N-ethyl adjacent to an activating group) is 1. The molecule has 0 unspecified atom stereocenters. The Balaban J connectivity index is 2.01. The summed E-state index contributed by atoms with van der Waals surface area (Å²) in [7, 11) is 4.19. The van der Waals surface area contributed by atoms with Gasteiger partial charge in [-0.15, -0.1) is 11.3 Å². The monoisotopic (exact) mass is 360 g/mol. The van der Waals surface area contributed by atoms with Gasteiger partial charge < -0.3 is 4.90 Å². The molecule has 0 saturated carbocycles. The third-order valence-corrected chi connectivity index (χ3v) is 5.94. The standard InChI is InChI=1S/C18H21N3OS2/c1-12-10-13(2)16-14(11-12)19-18(24-16)21(8-7-20(3)4)17(22)15-6-5-9-23-15/h5-6,9-11H,7-8H2,1-4H3/p+1. The molecule has 0 aliphatic carbocycles. The summed E-state index contributed by atoms with van der Waals surface area (Å²) in [5.41, 5.74) is 3.40. The summed E-state index contributed by atoms with van der Waals surface area (Å²) >= 11 is 3.09. The number of fused-ring (bicyclic) bond motifs is 1. The number of hydrogen-bond acceptors (Lipinski definition) is 4. The third-order valence-electron chi connectivity index (χ3n) is 3.85. The minimum atomic E-state index is 0.0414. The van der Waals surface area contributed by atoms with E-state index >= 15 is 0 Å². The van der Waals surface area contributed by atoms with Gasteiger partial charge in [0, 0.05) is 0 Å². The number of aryl methyl sites for hydroxylation is 2. The number of aromatic nitrogens is 1. The van der Waals surface area contributed by atoms with Crippen LogP contribution in [0.3, 0.4) is 0 Å². The normalized spacial score (nSPS) is 11.4. The Kier molecular flexibility index (Phi) is 4.99. The van der Waals surface area contributed by atoms with Crippen molar-refractivity contribution in [3.8, 4) is 0 Å². The van der Waals surface area contributed by atoms with E-state index < -0.39 is 0 Å². The summed E-state index contributed by atoms with van der Waals surface area (Å²) in [4.78, 5) is 21.6. The van der Waals surface area contributed by atoms with Crippen LogP contribution in [0.2, 0.25) is 0 Å². The Labute approximate surface area is 150 Å². The first-order valence-corrected chi connectivity index (χ1v) is 9.67. The maximum absolute atomic E-state index is 12.9. The number of rotatable bonds is 5. The molecule has 3 aromatic rings. The van der Waals surface area contributed by atoms with Crippen molar-refractivity contribution >= 4 is 43.9 Å². The molecule has 0 radical (unpaired) electrons. The van der Waals surface area contributed by atoms with Crippen LogP contribution in [0.1, 0.15) is 20.8 Å². The molecular weight excluding hydrogens is 338 g/mol. The molecule has 0 aliphatic rings. The second-order valence-electron chi connectivity index (χ2n) is 6.32. The Hall–Kier alpha value is -1.76. The fourth-order valence-corrected chi connectivity index (χ4v) is 4.34. The molecule has 126 valence electrons. The van der Waals surface area contributed by atoms with Gasteiger partial charge in [-0.05, 0) is 42.5 Å². The van der Waals surface area contributed by atoms with Crippen molar-refractivity contribution in [2.75, 3.05) is 32.1 Å². The number of amides is 1. The van der Waals surface area contributed by atoms with Crippen LogP contribution in [0.5, 0.6) is 0 Å². The van der Waals surface area contributed by atoms with Crippen molar-refractivity contribution in [2.45, 2.75) is 13.8 Å². The van der Waals surface area contributed by atoms with E-state index in [4.69, 9.17) is 4.98 Å². The molecule has 2 heterocycles. The minimum absolute atomic E-state index is 0.0414. The Morgan fingerprint density at radius 3 is 2.75 bits per heavy atom. The highest BCUT2D eigenvalue weighted by atomic mass is 32.1. The van der Waals surface area contributed by atoms with E-state index in [0.29, 0.717) is 6.54 Å². The molecule has 0 atom stereocenters. The number of thiazole rings is 1. The predicted molar refractivity (Wildman–Crippen MR) is 103 cm³/mol. The molecule has 0 aliphatic heterocycles. The van der Waals surface area contributed by atoms with Crippen LogP contribution in [0, 0.1) is 13.8 Å². The summed E-state index contributed by atoms with van der Waals surface area (Å²) in [5, 5.41) is 2.73. The van der Waals surface area contributed by atoms with Gasteiger partial charge in [0.05, 0.1) is 42.3 Å². The highest BCUT2D eigenvalue weighted by Gasteiger charge is 2.23. The van der Waals surface area contributed by atoms with E-state index in [1.807, 2.05) is 22.4 Å². The van der Waals surface area contributed by atoms with Crippen LogP contribution in [0.15, 0.2) is 29.6 Å². The molecule has 3 rings (SSSR count). The number of carbonyl (C=O) groups excluding carboxylic acids is 1. The smallest absolute Gasteiger partial charge is 0.270 e. The average Bonchev–Trinajstić information content (AvgIpc) is 3.16. The van der Waals surface area contributed by atoms with Gasteiger partial charge >= 0.3 is 0 Å². The molecule has 4 nitrogen and oxygen atoms in total. The van der Waals surface area contributed by atoms with Gasteiger partial charge in [0.25, 0.3) is 5.91 Å². The molecule has 0 fully saturated rings. The van der Waals surface area contributed by atoms with Crippen LogP contribution in [0.4, 0.5) is 5.13 Å². The molecule has 6 heteroatoms. The van der Waals surface area contributed by atoms with E-state index in [-0.39, 0.29) is 5.91 Å². The molecule has 0 bridgehead atoms. The van der Waals surface area contributed by atoms with E-state index in [1.54, 1.807) is 11.3 Å². The Bertz CT molecular complexity index is 853. The Morgan fingerprint density at radius 1 is 1.29 bits per heavy atom. The molecule has 1 amide bonds. The van der Waals surface area contributed by atoms with Crippen molar-refractivity contribution < 1.29 is 9.69 Å². The number of nitrogens with zero attached hydrogens (tertiary/aromatic N) is 2. The SMILES string of the molecule is Cc1cc(C)c2sc(N(CC[NH+](C)C)C(=O)c3cccs3)nc2c1. The van der Waals surface area contributed by atoms with Gasteiger partial charge in [-0.25, -0.2) is 4.98 Å². The van der Waals surface area contributed by atoms with E-state index in [0.717, 1.165) is 26.8 Å². The number of carbonyl (C=O) groups is 1. The van der Waals surface area contributed by atoms with Crippen molar-refractivity contribution in [1.29, 1.82) is 0 Å². The highest BCUT2D eigenvalue weighted by molar-refractivity contribution is 7.22. The lowest BCUT2D eigenvalue weighted by Crippen LogP contribution is -3.06. The predicted octanol–water partition coefficient (Wildman–Crippen LogP) is 2.77. The van der Waals surface area contributed by atoms with Crippen molar-refractivity contribution in [3.05, 3.63) is 45.6 Å². The Morgan fingerprint density at radius 2 is 2.08 bits per heavy atom. The number of nitrogens with one attached hydrogen (secondary N) is 1. The second kappa shape index (κ2) is 7.01. The van der Waals surface area contributed by atoms with E-state index in [1.165, 1.54) is 27.4 Å². The lowest BCUT2D eigenvalue weighted by Gasteiger charge is -2.19. The van der Waals surface area contributed by atoms with Crippen molar-refractivity contribution in [2.24, 2.45) is 0 Å². The first-order chi connectivity index (χ1) is 11.5. The first kappa shape index (κ1) is 17.1. The zero-order chi connectivity index (χ0) is 17.3. The fraction of sp³-hybridized carbons (Fsp3) is 0.333. The second-order valence-corrected chi connectivity index (χ2v) is 8.24. The fourth-order valence-electron chi connectivity index (χ4n) is 2.63. The number of hydrogen-bond donors (Lipinski definition) is 1. The van der Waals surface area contributed by atoms with Gasteiger partial charge in [0.2, 0.25) is 0 Å². The first-order valence-electron chi connectivity index (χ1n) is 7.98. The molecule has 1 aromatic carbocycles. The summed E-state index contributed by atoms with van der Waals surface area (Å²) in [5.74, 6) is 0.0414. The highest BCUT2D eigenvalue weighted by Crippen LogP contribution is 2.32. The number of anilines is 1. The maximum atomic E-state index is 12.9. The summed E-state index contributed by atoms with van der Waals surface area (Å²) < 4.78 is 1.16. The molecule has 0 spiro atoms. The summed E-state index contributed by atoms with van der Waals surface area (Å²) in [6.45, 7) is 5.73. The summed E-state index contributed by atoms with van der Waals surface area (Å²) in [6.07, 6.45) is 0. The van der Waals surface area contributed by atoms with E-state index in [9.17, 15) is 4.79 Å². The largest absolute Gasteiger partial charge is 0.338 e. The maximum Gasteiger partial charge on any atom is 0.270 e. The molecule has 1 N–H and O–H groups in total. The van der Waals surface area contributed by atoms with Gasteiger partial charge in [-0.2, -0.15) is 0 Å². The van der Waals surface area contributed by atoms with Gasteiger partial charge in [-0.3, -0.25) is 9.69 Å². The quantitative estimate of drug-likeness (QED) is 0.760. The molecule has 24 heavy (non-hydrogen) atoms. The van der Waals surface area contributed by atoms with Crippen LogP contribution >= 0.6 is 22.7 Å². The van der Waals surface area contributed by atoms with Crippen molar-refractivity contribution in [3.63, 3.8) is 0 Å². The molecule has 2 aromatic heterocycles. The molecular formula is C18H22N3OS2+. The lowest BCUT2D eigenvalue weighted by molar-refractivity contribution is -0.856. The zero-order valence-electron chi connectivity index (χ0n) is 14.4. The van der Waals surface area contributed by atoms with Gasteiger partial charge in [0.1, 0.15) is 0 Å². The van der Waals surface area contributed by atoms with Crippen LogP contribution < -0.4 is 9.80 Å². The lowest BCUT2D eigenvalue weighted by atomic mass is 10.1. The van der Waals surface area contributed by atoms with Gasteiger partial charge in [0.15, 0.2) is 5.13 Å².